The summed E-state index contributed by atoms with van der Waals surface area (Å²) >= 11 is 0. The summed E-state index contributed by atoms with van der Waals surface area (Å²) in [5.74, 6) is 0. The predicted octanol–water partition coefficient (Wildman–Crippen LogP) is 8.20. The molecule has 1 aliphatic carbocycles. The standard InChI is InChI=1S/C38H35NP2/c1-30-28-31(2)37-36(29-30)38(26-16-7-17-27-38)41(34-22-12-5-13-23-34,35-24-14-6-15-25-35)39(37)40(32-18-8-3-9-19-32)33-20-10-4-11-21-33/h3-26,28-29,41H,27H2,1-2H3. The van der Waals surface area contributed by atoms with Crippen LogP contribution in [0.25, 0.3) is 0 Å². The van der Waals surface area contributed by atoms with Gasteiger partial charge >= 0.3 is 247 Å². The van der Waals surface area contributed by atoms with E-state index in [9.17, 15) is 0 Å². The maximum atomic E-state index is 2.99. The summed E-state index contributed by atoms with van der Waals surface area (Å²) in [7, 11) is -3.74. The molecule has 2 aliphatic rings. The number of hydrogen-bond acceptors (Lipinski definition) is 1. The molecule has 0 saturated heterocycles. The molecule has 5 aromatic rings. The van der Waals surface area contributed by atoms with Crippen LogP contribution in [0.3, 0.4) is 0 Å². The average Bonchev–Trinajstić information content (AvgIpc) is 3.26. The van der Waals surface area contributed by atoms with Gasteiger partial charge in [0.2, 0.25) is 0 Å². The van der Waals surface area contributed by atoms with Gasteiger partial charge in [-0.05, 0) is 0 Å². The van der Waals surface area contributed by atoms with Crippen LogP contribution in [0.15, 0.2) is 158 Å². The van der Waals surface area contributed by atoms with Gasteiger partial charge in [-0.3, -0.25) is 0 Å². The van der Waals surface area contributed by atoms with Crippen LogP contribution in [0.4, 0.5) is 5.69 Å². The summed E-state index contributed by atoms with van der Waals surface area (Å²) in [5.41, 5.74) is 5.60. The molecule has 0 saturated carbocycles. The Labute approximate surface area is 246 Å². The summed E-state index contributed by atoms with van der Waals surface area (Å²) < 4.78 is 2.99. The number of benzene rings is 5. The van der Waals surface area contributed by atoms with Crippen molar-refractivity contribution in [2.45, 2.75) is 25.4 Å². The summed E-state index contributed by atoms with van der Waals surface area (Å²) in [6.07, 6.45) is 10.5. The third-order valence-electron chi connectivity index (χ3n) is 8.75. The second-order valence-corrected chi connectivity index (χ2v) is 17.5. The number of allylic oxidation sites excluding steroid dienone is 4. The van der Waals surface area contributed by atoms with Gasteiger partial charge in [-0.1, -0.05) is 0 Å². The van der Waals surface area contributed by atoms with E-state index in [1.807, 2.05) is 0 Å². The Morgan fingerprint density at radius 1 is 0.634 bits per heavy atom. The number of rotatable bonds is 5. The molecule has 1 spiro atoms. The van der Waals surface area contributed by atoms with Crippen molar-refractivity contribution in [3.8, 4) is 0 Å². The van der Waals surface area contributed by atoms with Crippen LogP contribution >= 0.6 is 15.5 Å². The Kier molecular flexibility index (Phi) is 6.75. The van der Waals surface area contributed by atoms with Gasteiger partial charge in [0.1, 0.15) is 0 Å². The maximum absolute atomic E-state index is 2.99. The zero-order chi connectivity index (χ0) is 27.9. The first-order valence-corrected chi connectivity index (χ1v) is 17.7. The van der Waals surface area contributed by atoms with E-state index in [0.717, 1.165) is 6.42 Å². The third kappa shape index (κ3) is 3.99. The fraction of sp³-hybridized carbons (Fsp3) is 0.105. The molecule has 202 valence electrons. The van der Waals surface area contributed by atoms with Crippen molar-refractivity contribution in [2.24, 2.45) is 0 Å². The minimum absolute atomic E-state index is 0.166. The van der Waals surface area contributed by atoms with Gasteiger partial charge in [0.05, 0.1) is 0 Å². The van der Waals surface area contributed by atoms with Crippen molar-refractivity contribution in [3.05, 3.63) is 174 Å². The molecule has 1 aliphatic heterocycles. The van der Waals surface area contributed by atoms with Gasteiger partial charge in [-0.15, -0.1) is 0 Å². The monoisotopic (exact) mass is 567 g/mol. The molecule has 0 N–H and O–H groups in total. The van der Waals surface area contributed by atoms with Crippen molar-refractivity contribution in [3.63, 3.8) is 0 Å². The molecule has 0 fully saturated rings. The molecule has 0 radical (unpaired) electrons. The molecular weight excluding hydrogens is 532 g/mol. The molecule has 0 aromatic heterocycles. The van der Waals surface area contributed by atoms with Crippen LogP contribution in [-0.2, 0) is 5.16 Å². The Bertz CT molecular complexity index is 1650. The van der Waals surface area contributed by atoms with Crippen LogP contribution < -0.4 is 25.7 Å². The first kappa shape index (κ1) is 26.2. The Morgan fingerprint density at radius 3 is 1.63 bits per heavy atom. The van der Waals surface area contributed by atoms with Crippen molar-refractivity contribution < 1.29 is 0 Å². The Morgan fingerprint density at radius 2 is 1.15 bits per heavy atom. The van der Waals surface area contributed by atoms with Crippen LogP contribution in [0.1, 0.15) is 23.1 Å². The molecule has 1 nitrogen and oxygen atoms in total. The fourth-order valence-corrected chi connectivity index (χ4v) is 18.1. The Balaban J connectivity index is 1.70. The van der Waals surface area contributed by atoms with E-state index in [4.69, 9.17) is 0 Å². The van der Waals surface area contributed by atoms with Crippen LogP contribution in [-0.4, -0.2) is 0 Å². The zero-order valence-electron chi connectivity index (χ0n) is 23.6. The summed E-state index contributed by atoms with van der Waals surface area (Å²) in [4.78, 5) is 0. The van der Waals surface area contributed by atoms with E-state index < -0.39 is 15.5 Å². The van der Waals surface area contributed by atoms with Crippen molar-refractivity contribution >= 4 is 42.4 Å². The topological polar surface area (TPSA) is 3.24 Å². The third-order valence-corrected chi connectivity index (χ3v) is 17.6. The zero-order valence-corrected chi connectivity index (χ0v) is 25.5. The summed E-state index contributed by atoms with van der Waals surface area (Å²) in [6, 6.07) is 50.4. The SMILES string of the molecule is Cc1cc(C)c2c(c1)C1(C=CC=CC1)[PH](c1ccccc1)(c1ccccc1)N2P(c1ccccc1)c1ccccc1. The average molecular weight is 568 g/mol. The molecule has 41 heavy (non-hydrogen) atoms. The van der Waals surface area contributed by atoms with E-state index in [2.05, 4.69) is 176 Å². The fourth-order valence-electron chi connectivity index (χ4n) is 7.27. The van der Waals surface area contributed by atoms with Crippen molar-refractivity contribution in [1.82, 2.24) is 0 Å². The van der Waals surface area contributed by atoms with Crippen LogP contribution in [0.2, 0.25) is 0 Å². The molecule has 7 rings (SSSR count). The molecule has 5 aromatic carbocycles. The molecule has 0 amide bonds. The molecule has 1 unspecified atom stereocenters. The van der Waals surface area contributed by atoms with Gasteiger partial charge in [0.25, 0.3) is 0 Å². The van der Waals surface area contributed by atoms with E-state index in [1.54, 1.807) is 0 Å². The second-order valence-electron chi connectivity index (χ2n) is 11.2. The van der Waals surface area contributed by atoms with E-state index in [1.165, 1.54) is 43.6 Å². The van der Waals surface area contributed by atoms with E-state index in [0.29, 0.717) is 0 Å². The normalized spacial score (nSPS) is 19.4. The molecular formula is C38H35NP2. The number of anilines is 1. The minimum atomic E-state index is -2.83. The molecule has 3 heteroatoms. The second kappa shape index (κ2) is 10.6. The van der Waals surface area contributed by atoms with Crippen LogP contribution in [0.5, 0.6) is 0 Å². The van der Waals surface area contributed by atoms with Crippen molar-refractivity contribution in [1.29, 1.82) is 0 Å². The van der Waals surface area contributed by atoms with Gasteiger partial charge in [0, 0.05) is 0 Å². The van der Waals surface area contributed by atoms with E-state index >= 15 is 0 Å². The molecule has 1 atom stereocenters. The van der Waals surface area contributed by atoms with Crippen molar-refractivity contribution in [2.75, 3.05) is 4.44 Å². The van der Waals surface area contributed by atoms with E-state index in [-0.39, 0.29) is 5.16 Å². The Hall–Kier alpha value is -3.76. The van der Waals surface area contributed by atoms with Gasteiger partial charge in [-0.25, -0.2) is 0 Å². The molecule has 0 bridgehead atoms. The number of nitrogens with zero attached hydrogens (tertiary/aromatic N) is 1. The quantitative estimate of drug-likeness (QED) is 0.194. The number of aryl methyl sites for hydroxylation is 2. The number of fused-ring (bicyclic) bond motifs is 2. The predicted molar refractivity (Wildman–Crippen MR) is 183 cm³/mol. The van der Waals surface area contributed by atoms with Gasteiger partial charge in [-0.2, -0.15) is 0 Å². The number of hydrogen-bond donors (Lipinski definition) is 0. The summed E-state index contributed by atoms with van der Waals surface area (Å²) in [5, 5.41) is 5.52. The first-order valence-electron chi connectivity index (χ1n) is 14.4. The van der Waals surface area contributed by atoms with Gasteiger partial charge in [0.15, 0.2) is 0 Å². The van der Waals surface area contributed by atoms with Crippen LogP contribution in [0, 0.1) is 13.8 Å². The van der Waals surface area contributed by atoms with Gasteiger partial charge < -0.3 is 0 Å². The first-order chi connectivity index (χ1) is 20.2. The summed E-state index contributed by atoms with van der Waals surface area (Å²) in [6.45, 7) is 4.59. The molecule has 1 heterocycles.